The lowest BCUT2D eigenvalue weighted by Gasteiger charge is -2.35. The van der Waals surface area contributed by atoms with E-state index in [0.717, 1.165) is 0 Å². The molecule has 0 unspecified atom stereocenters. The number of rotatable bonds is 4. The number of nitrogens with one attached hydrogen (secondary N) is 1. The van der Waals surface area contributed by atoms with Gasteiger partial charge in [-0.25, -0.2) is 4.79 Å². The van der Waals surface area contributed by atoms with E-state index in [-0.39, 0.29) is 17.9 Å². The lowest BCUT2D eigenvalue weighted by Crippen LogP contribution is -2.51. The van der Waals surface area contributed by atoms with E-state index in [1.165, 1.54) is 0 Å². The second kappa shape index (κ2) is 6.44. The molecule has 6 nitrogen and oxygen atoms in total. The topological polar surface area (TPSA) is 82.7 Å². The summed E-state index contributed by atoms with van der Waals surface area (Å²) >= 11 is 0. The predicted octanol–water partition coefficient (Wildman–Crippen LogP) is 0.475. The van der Waals surface area contributed by atoms with Crippen molar-refractivity contribution in [3.05, 3.63) is 0 Å². The summed E-state index contributed by atoms with van der Waals surface area (Å²) in [5.74, 6) is 0.116. The number of morpholine rings is 1. The number of hydrogen-bond acceptors (Lipinski definition) is 3. The van der Waals surface area contributed by atoms with E-state index >= 15 is 0 Å². The summed E-state index contributed by atoms with van der Waals surface area (Å²) in [5.41, 5.74) is 5.33. The Hall–Kier alpha value is -1.30. The van der Waals surface area contributed by atoms with Crippen LogP contribution in [0.15, 0.2) is 0 Å². The third-order valence-electron chi connectivity index (χ3n) is 2.77. The zero-order valence-electron chi connectivity index (χ0n) is 10.6. The van der Waals surface area contributed by atoms with Crippen molar-refractivity contribution >= 4 is 11.9 Å². The van der Waals surface area contributed by atoms with E-state index in [1.807, 2.05) is 13.8 Å². The minimum Gasteiger partial charge on any atom is -0.388 e. The van der Waals surface area contributed by atoms with E-state index < -0.39 is 0 Å². The summed E-state index contributed by atoms with van der Waals surface area (Å²) in [7, 11) is 0. The number of hydrogen-bond donors (Lipinski definition) is 2. The molecule has 0 atom stereocenters. The summed E-state index contributed by atoms with van der Waals surface area (Å²) < 4.78 is 5.22. The Labute approximate surface area is 102 Å². The largest absolute Gasteiger partial charge is 0.388 e. The molecule has 1 fully saturated rings. The van der Waals surface area contributed by atoms with Crippen LogP contribution < -0.4 is 5.73 Å². The molecule has 0 spiro atoms. The fourth-order valence-electron chi connectivity index (χ4n) is 1.75. The number of amides is 2. The third kappa shape index (κ3) is 4.22. The second-order valence-corrected chi connectivity index (χ2v) is 4.44. The van der Waals surface area contributed by atoms with E-state index in [9.17, 15) is 4.79 Å². The number of nitrogens with zero attached hydrogens (tertiary/aromatic N) is 2. The van der Waals surface area contributed by atoms with Crippen LogP contribution in [-0.2, 0) is 4.74 Å². The maximum absolute atomic E-state index is 12.2. The maximum atomic E-state index is 12.2. The Morgan fingerprint density at radius 1 is 1.47 bits per heavy atom. The van der Waals surface area contributed by atoms with Gasteiger partial charge in [0.05, 0.1) is 19.0 Å². The molecular weight excluding hydrogens is 220 g/mol. The first-order chi connectivity index (χ1) is 8.02. The molecule has 6 heteroatoms. The summed E-state index contributed by atoms with van der Waals surface area (Å²) in [6.45, 7) is 6.93. The zero-order valence-corrected chi connectivity index (χ0v) is 10.6. The molecule has 0 radical (unpaired) electrons. The van der Waals surface area contributed by atoms with Gasteiger partial charge in [0.15, 0.2) is 0 Å². The fraction of sp³-hybridized carbons (Fsp3) is 0.818. The molecule has 0 aromatic heterocycles. The first-order valence-electron chi connectivity index (χ1n) is 5.98. The van der Waals surface area contributed by atoms with E-state index in [1.54, 1.807) is 9.80 Å². The van der Waals surface area contributed by atoms with Crippen LogP contribution >= 0.6 is 0 Å². The summed E-state index contributed by atoms with van der Waals surface area (Å²) in [6, 6.07) is 0.134. The van der Waals surface area contributed by atoms with Crippen LogP contribution in [0.4, 0.5) is 4.79 Å². The number of ether oxygens (including phenoxy) is 1. The van der Waals surface area contributed by atoms with Crippen molar-refractivity contribution in [1.82, 2.24) is 9.80 Å². The van der Waals surface area contributed by atoms with Gasteiger partial charge in [0, 0.05) is 32.1 Å². The van der Waals surface area contributed by atoms with Crippen LogP contribution in [0.2, 0.25) is 0 Å². The van der Waals surface area contributed by atoms with Crippen molar-refractivity contribution in [2.24, 2.45) is 5.73 Å². The van der Waals surface area contributed by atoms with Gasteiger partial charge in [0.2, 0.25) is 0 Å². The molecule has 0 saturated carbocycles. The number of carbonyl (C=O) groups is 1. The van der Waals surface area contributed by atoms with E-state index in [0.29, 0.717) is 39.3 Å². The lowest BCUT2D eigenvalue weighted by molar-refractivity contribution is 0.0408. The maximum Gasteiger partial charge on any atom is 0.320 e. The van der Waals surface area contributed by atoms with Crippen molar-refractivity contribution in [1.29, 1.82) is 5.41 Å². The van der Waals surface area contributed by atoms with Crippen molar-refractivity contribution in [3.63, 3.8) is 0 Å². The van der Waals surface area contributed by atoms with E-state index in [4.69, 9.17) is 15.9 Å². The molecule has 1 aliphatic heterocycles. The van der Waals surface area contributed by atoms with Gasteiger partial charge in [0.25, 0.3) is 0 Å². The SMILES string of the molecule is CC(C)N(CCC(=N)N)C(=O)N1CCOCC1. The number of nitrogens with two attached hydrogens (primary N) is 1. The Balaban J connectivity index is 2.55. The van der Waals surface area contributed by atoms with Crippen molar-refractivity contribution in [3.8, 4) is 0 Å². The molecule has 2 amide bonds. The molecule has 1 heterocycles. The summed E-state index contributed by atoms with van der Waals surface area (Å²) in [5, 5.41) is 7.22. The summed E-state index contributed by atoms with van der Waals surface area (Å²) in [4.78, 5) is 15.8. The van der Waals surface area contributed by atoms with Gasteiger partial charge in [-0.3, -0.25) is 5.41 Å². The van der Waals surface area contributed by atoms with Crippen LogP contribution in [0.3, 0.4) is 0 Å². The second-order valence-electron chi connectivity index (χ2n) is 4.44. The van der Waals surface area contributed by atoms with Crippen LogP contribution in [0, 0.1) is 5.41 Å². The highest BCUT2D eigenvalue weighted by molar-refractivity contribution is 5.79. The zero-order chi connectivity index (χ0) is 12.8. The highest BCUT2D eigenvalue weighted by Crippen LogP contribution is 2.08. The molecule has 0 bridgehead atoms. The van der Waals surface area contributed by atoms with Gasteiger partial charge >= 0.3 is 6.03 Å². The minimum absolute atomic E-state index is 0.0181. The molecule has 3 N–H and O–H groups in total. The average molecular weight is 242 g/mol. The highest BCUT2D eigenvalue weighted by Gasteiger charge is 2.24. The molecule has 1 saturated heterocycles. The Morgan fingerprint density at radius 2 is 2.06 bits per heavy atom. The van der Waals surface area contributed by atoms with Crippen molar-refractivity contribution in [2.75, 3.05) is 32.8 Å². The average Bonchev–Trinajstić information content (AvgIpc) is 2.29. The molecule has 0 aromatic rings. The van der Waals surface area contributed by atoms with Crippen LogP contribution in [-0.4, -0.2) is 60.6 Å². The molecular formula is C11H22N4O2. The van der Waals surface area contributed by atoms with Gasteiger partial charge in [0.1, 0.15) is 0 Å². The third-order valence-corrected chi connectivity index (χ3v) is 2.77. The first-order valence-corrected chi connectivity index (χ1v) is 5.98. The number of amidine groups is 1. The molecule has 1 rings (SSSR count). The van der Waals surface area contributed by atoms with Gasteiger partial charge in [-0.1, -0.05) is 0 Å². The monoisotopic (exact) mass is 242 g/mol. The van der Waals surface area contributed by atoms with Gasteiger partial charge in [-0.05, 0) is 13.8 Å². The van der Waals surface area contributed by atoms with Crippen molar-refractivity contribution < 1.29 is 9.53 Å². The normalized spacial score (nSPS) is 16.1. The van der Waals surface area contributed by atoms with Crippen LogP contribution in [0.5, 0.6) is 0 Å². The quantitative estimate of drug-likeness (QED) is 0.555. The standard InChI is InChI=1S/C11H22N4O2/c1-9(2)15(4-3-10(12)13)11(16)14-5-7-17-8-6-14/h9H,3-8H2,1-2H3,(H3,12,13). The molecule has 17 heavy (non-hydrogen) atoms. The van der Waals surface area contributed by atoms with Gasteiger partial charge in [-0.15, -0.1) is 0 Å². The summed E-state index contributed by atoms with van der Waals surface area (Å²) in [6.07, 6.45) is 0.425. The molecule has 0 aliphatic carbocycles. The van der Waals surface area contributed by atoms with Crippen molar-refractivity contribution in [2.45, 2.75) is 26.3 Å². The fourth-order valence-corrected chi connectivity index (χ4v) is 1.75. The Bertz CT molecular complexity index is 275. The highest BCUT2D eigenvalue weighted by atomic mass is 16.5. The van der Waals surface area contributed by atoms with Gasteiger partial charge in [-0.2, -0.15) is 0 Å². The number of carbonyl (C=O) groups excluding carboxylic acids is 1. The minimum atomic E-state index is 0.0181. The first kappa shape index (κ1) is 13.8. The molecule has 98 valence electrons. The molecule has 1 aliphatic rings. The smallest absolute Gasteiger partial charge is 0.320 e. The van der Waals surface area contributed by atoms with Crippen LogP contribution in [0.25, 0.3) is 0 Å². The Kier molecular flexibility index (Phi) is 5.21. The predicted molar refractivity (Wildman–Crippen MR) is 66.2 cm³/mol. The van der Waals surface area contributed by atoms with Crippen LogP contribution in [0.1, 0.15) is 20.3 Å². The Morgan fingerprint density at radius 3 is 2.53 bits per heavy atom. The lowest BCUT2D eigenvalue weighted by atomic mass is 10.3. The van der Waals surface area contributed by atoms with E-state index in [2.05, 4.69) is 0 Å². The number of urea groups is 1. The van der Waals surface area contributed by atoms with Gasteiger partial charge < -0.3 is 20.3 Å². The molecule has 0 aromatic carbocycles.